The van der Waals surface area contributed by atoms with Crippen molar-refractivity contribution in [3.63, 3.8) is 0 Å². The molecular formula is C8H14N2OS. The lowest BCUT2D eigenvalue weighted by Gasteiger charge is -2.12. The number of nitrogens with zero attached hydrogens (tertiary/aromatic N) is 1. The molecule has 1 atom stereocenters. The van der Waals surface area contributed by atoms with Gasteiger partial charge < -0.3 is 10.6 Å². The Morgan fingerprint density at radius 3 is 3.00 bits per heavy atom. The highest BCUT2D eigenvalue weighted by Gasteiger charge is 2.21. The SMILES string of the molecule is CS/C=C/C(=O)N1CC[C@@H](N)C1. The standard InChI is InChI=1S/C8H14N2OS/c1-12-5-3-8(11)10-4-2-7(9)6-10/h3,5,7H,2,4,6,9H2,1H3/b5-3+/t7-/m1/s1. The zero-order valence-corrected chi connectivity index (χ0v) is 8.01. The first-order valence-electron chi connectivity index (χ1n) is 3.98. The molecule has 0 aliphatic carbocycles. The third kappa shape index (κ3) is 2.53. The van der Waals surface area contributed by atoms with Crippen molar-refractivity contribution >= 4 is 17.7 Å². The number of nitrogens with two attached hydrogens (primary N) is 1. The Labute approximate surface area is 77.0 Å². The Morgan fingerprint density at radius 2 is 2.50 bits per heavy atom. The van der Waals surface area contributed by atoms with E-state index in [-0.39, 0.29) is 11.9 Å². The van der Waals surface area contributed by atoms with Crippen LogP contribution in [0.25, 0.3) is 0 Å². The normalized spacial score (nSPS) is 23.8. The van der Waals surface area contributed by atoms with Crippen molar-refractivity contribution in [3.8, 4) is 0 Å². The van der Waals surface area contributed by atoms with Crippen molar-refractivity contribution in [2.75, 3.05) is 19.3 Å². The first-order valence-corrected chi connectivity index (χ1v) is 5.26. The first kappa shape index (κ1) is 9.61. The van der Waals surface area contributed by atoms with E-state index in [2.05, 4.69) is 0 Å². The van der Waals surface area contributed by atoms with Crippen molar-refractivity contribution in [3.05, 3.63) is 11.5 Å². The molecule has 0 aromatic rings. The van der Waals surface area contributed by atoms with Crippen molar-refractivity contribution in [1.29, 1.82) is 0 Å². The number of amides is 1. The topological polar surface area (TPSA) is 46.3 Å². The molecule has 1 saturated heterocycles. The molecule has 1 amide bonds. The summed E-state index contributed by atoms with van der Waals surface area (Å²) < 4.78 is 0. The lowest BCUT2D eigenvalue weighted by molar-refractivity contribution is -0.125. The molecule has 0 saturated carbocycles. The average Bonchev–Trinajstić information content (AvgIpc) is 2.47. The summed E-state index contributed by atoms with van der Waals surface area (Å²) in [4.78, 5) is 13.1. The third-order valence-corrected chi connectivity index (χ3v) is 2.29. The number of thioether (sulfide) groups is 1. The molecule has 0 radical (unpaired) electrons. The van der Waals surface area contributed by atoms with E-state index < -0.39 is 0 Å². The Kier molecular flexibility index (Phi) is 3.62. The predicted molar refractivity (Wildman–Crippen MR) is 51.8 cm³/mol. The van der Waals surface area contributed by atoms with Crippen LogP contribution in [0.4, 0.5) is 0 Å². The Balaban J connectivity index is 2.38. The third-order valence-electron chi connectivity index (χ3n) is 1.88. The zero-order chi connectivity index (χ0) is 8.97. The number of hydrogen-bond donors (Lipinski definition) is 1. The van der Waals surface area contributed by atoms with Gasteiger partial charge in [0.15, 0.2) is 0 Å². The number of rotatable bonds is 2. The van der Waals surface area contributed by atoms with E-state index in [1.165, 1.54) is 11.8 Å². The summed E-state index contributed by atoms with van der Waals surface area (Å²) in [5.74, 6) is 0.0808. The van der Waals surface area contributed by atoms with Crippen molar-refractivity contribution in [1.82, 2.24) is 4.90 Å². The Hall–Kier alpha value is -0.480. The minimum atomic E-state index is 0.0808. The monoisotopic (exact) mass is 186 g/mol. The van der Waals surface area contributed by atoms with E-state index >= 15 is 0 Å². The van der Waals surface area contributed by atoms with Gasteiger partial charge in [0.05, 0.1) is 0 Å². The number of carbonyl (C=O) groups excluding carboxylic acids is 1. The molecule has 0 aromatic carbocycles. The average molecular weight is 186 g/mol. The fourth-order valence-electron chi connectivity index (χ4n) is 1.22. The van der Waals surface area contributed by atoms with Crippen LogP contribution in [-0.4, -0.2) is 36.2 Å². The smallest absolute Gasteiger partial charge is 0.247 e. The summed E-state index contributed by atoms with van der Waals surface area (Å²) in [6, 6.07) is 0.177. The van der Waals surface area contributed by atoms with Gasteiger partial charge in [0, 0.05) is 25.2 Å². The summed E-state index contributed by atoms with van der Waals surface area (Å²) >= 11 is 1.53. The number of hydrogen-bond acceptors (Lipinski definition) is 3. The van der Waals surface area contributed by atoms with Crippen LogP contribution in [0, 0.1) is 0 Å². The summed E-state index contributed by atoms with van der Waals surface area (Å²) in [5.41, 5.74) is 5.67. The second kappa shape index (κ2) is 4.52. The van der Waals surface area contributed by atoms with E-state index in [9.17, 15) is 4.79 Å². The second-order valence-corrected chi connectivity index (χ2v) is 3.62. The van der Waals surface area contributed by atoms with Gasteiger partial charge in [-0.1, -0.05) is 0 Å². The molecule has 1 fully saturated rings. The van der Waals surface area contributed by atoms with Crippen LogP contribution in [0.15, 0.2) is 11.5 Å². The largest absolute Gasteiger partial charge is 0.338 e. The van der Waals surface area contributed by atoms with Crippen LogP contribution in [0.2, 0.25) is 0 Å². The molecule has 0 aromatic heterocycles. The van der Waals surface area contributed by atoms with Crippen molar-refractivity contribution in [2.45, 2.75) is 12.5 Å². The van der Waals surface area contributed by atoms with Gasteiger partial charge in [-0.2, -0.15) is 0 Å². The molecule has 0 unspecified atom stereocenters. The lowest BCUT2D eigenvalue weighted by atomic mass is 10.3. The lowest BCUT2D eigenvalue weighted by Crippen LogP contribution is -2.30. The highest BCUT2D eigenvalue weighted by atomic mass is 32.2. The summed E-state index contributed by atoms with van der Waals surface area (Å²) in [6.45, 7) is 1.51. The van der Waals surface area contributed by atoms with E-state index in [1.54, 1.807) is 16.4 Å². The fraction of sp³-hybridized carbons (Fsp3) is 0.625. The molecule has 68 valence electrons. The molecule has 1 aliphatic rings. The molecule has 0 bridgehead atoms. The van der Waals surface area contributed by atoms with Gasteiger partial charge in [-0.3, -0.25) is 4.79 Å². The van der Waals surface area contributed by atoms with Crippen molar-refractivity contribution < 1.29 is 4.79 Å². The Morgan fingerprint density at radius 1 is 1.75 bits per heavy atom. The van der Waals surface area contributed by atoms with Crippen molar-refractivity contribution in [2.24, 2.45) is 5.73 Å². The highest BCUT2D eigenvalue weighted by molar-refractivity contribution is 8.01. The fourth-order valence-corrected chi connectivity index (χ4v) is 1.47. The summed E-state index contributed by atoms with van der Waals surface area (Å²) in [6.07, 6.45) is 4.46. The van der Waals surface area contributed by atoms with Crippen LogP contribution >= 0.6 is 11.8 Å². The molecule has 2 N–H and O–H groups in total. The molecule has 3 nitrogen and oxygen atoms in total. The van der Waals surface area contributed by atoms with Gasteiger partial charge in [0.2, 0.25) is 5.91 Å². The molecule has 4 heteroatoms. The van der Waals surface area contributed by atoms with Crippen LogP contribution in [0.1, 0.15) is 6.42 Å². The van der Waals surface area contributed by atoms with Crippen LogP contribution < -0.4 is 5.73 Å². The predicted octanol–water partition coefficient (Wildman–Crippen LogP) is 0.423. The minimum absolute atomic E-state index is 0.0808. The van der Waals surface area contributed by atoms with Gasteiger partial charge in [-0.05, 0) is 18.1 Å². The second-order valence-electron chi connectivity index (χ2n) is 2.87. The number of likely N-dealkylation sites (tertiary alicyclic amines) is 1. The van der Waals surface area contributed by atoms with Gasteiger partial charge >= 0.3 is 0 Å². The molecule has 0 spiro atoms. The van der Waals surface area contributed by atoms with E-state index in [1.807, 2.05) is 6.26 Å². The van der Waals surface area contributed by atoms with Gasteiger partial charge in [-0.25, -0.2) is 0 Å². The van der Waals surface area contributed by atoms with Gasteiger partial charge in [0.25, 0.3) is 0 Å². The molecular weight excluding hydrogens is 172 g/mol. The van der Waals surface area contributed by atoms with Crippen LogP contribution in [0.3, 0.4) is 0 Å². The van der Waals surface area contributed by atoms with E-state index in [0.717, 1.165) is 13.0 Å². The molecule has 1 heterocycles. The molecule has 12 heavy (non-hydrogen) atoms. The maximum Gasteiger partial charge on any atom is 0.247 e. The van der Waals surface area contributed by atoms with Crippen LogP contribution in [-0.2, 0) is 4.79 Å². The Bertz CT molecular complexity index is 193. The number of carbonyl (C=O) groups is 1. The van der Waals surface area contributed by atoms with E-state index in [0.29, 0.717) is 6.54 Å². The van der Waals surface area contributed by atoms with Gasteiger partial charge in [0.1, 0.15) is 0 Å². The first-order chi connectivity index (χ1) is 5.74. The quantitative estimate of drug-likeness (QED) is 0.636. The molecule has 1 rings (SSSR count). The highest BCUT2D eigenvalue weighted by Crippen LogP contribution is 2.07. The summed E-state index contributed by atoms with van der Waals surface area (Å²) in [7, 11) is 0. The minimum Gasteiger partial charge on any atom is -0.338 e. The zero-order valence-electron chi connectivity index (χ0n) is 7.19. The summed E-state index contributed by atoms with van der Waals surface area (Å²) in [5, 5.41) is 1.80. The maximum absolute atomic E-state index is 11.3. The van der Waals surface area contributed by atoms with E-state index in [4.69, 9.17) is 5.73 Å². The maximum atomic E-state index is 11.3. The van der Waals surface area contributed by atoms with Gasteiger partial charge in [-0.15, -0.1) is 11.8 Å². The van der Waals surface area contributed by atoms with Crippen LogP contribution in [0.5, 0.6) is 0 Å². The molecule has 1 aliphatic heterocycles.